The fourth-order valence-corrected chi connectivity index (χ4v) is 10.4. The monoisotopic (exact) mass is 869 g/mol. The van der Waals surface area contributed by atoms with Crippen molar-refractivity contribution in [2.24, 2.45) is 0 Å². The summed E-state index contributed by atoms with van der Waals surface area (Å²) < 4.78 is 4.98. The number of benzene rings is 9. The third-order valence-corrected chi connectivity index (χ3v) is 13.6. The highest BCUT2D eigenvalue weighted by Gasteiger charge is 2.32. The van der Waals surface area contributed by atoms with Gasteiger partial charge >= 0.3 is 0 Å². The second-order valence-electron chi connectivity index (χ2n) is 17.5. The number of hydrogen-bond acceptors (Lipinski definition) is 3. The molecule has 0 spiro atoms. The molecule has 5 heteroatoms. The lowest BCUT2D eigenvalue weighted by Crippen LogP contribution is -2.16. The largest absolute Gasteiger partial charge is 0.312 e. The number of hydrogen-bond donors (Lipinski definition) is 0. The molecule has 320 valence electrons. The Balaban J connectivity index is 1.11. The van der Waals surface area contributed by atoms with Crippen molar-refractivity contribution in [1.82, 2.24) is 24.1 Å². The smallest absolute Gasteiger partial charge is 0.164 e. The van der Waals surface area contributed by atoms with Gasteiger partial charge in [-0.25, -0.2) is 15.0 Å². The van der Waals surface area contributed by atoms with Gasteiger partial charge in [0.15, 0.2) is 17.5 Å². The standard InChI is InChI=1S/C63H43N5/c1-6-20-42(21-7-1)47-34-36-58-54(38-47)55-41-49(67-56-32-18-16-30-50(56)51-31-17-19-33-57(51)67)35-37-59(55)68(58)60-52(43-22-8-2-9-23-43)39-48(40-53(60)44-24-10-3-11-25-44)63-65-61(45-26-12-4-13-27-45)64-62(66-63)46-28-14-5-15-29-46/h1-39,41,53H,40H2. The molecule has 68 heavy (non-hydrogen) atoms. The molecule has 12 aromatic rings. The Kier molecular flexibility index (Phi) is 9.57. The lowest BCUT2D eigenvalue weighted by molar-refractivity contribution is 0.835. The molecule has 0 bridgehead atoms. The van der Waals surface area contributed by atoms with Crippen LogP contribution in [0.3, 0.4) is 0 Å². The molecule has 0 aliphatic heterocycles. The van der Waals surface area contributed by atoms with E-state index in [0.717, 1.165) is 44.6 Å². The Bertz CT molecular complexity index is 3800. The molecule has 1 aliphatic rings. The molecule has 1 atom stereocenters. The predicted molar refractivity (Wildman–Crippen MR) is 281 cm³/mol. The van der Waals surface area contributed by atoms with Gasteiger partial charge in [-0.2, -0.15) is 0 Å². The number of nitrogens with zero attached hydrogens (tertiary/aromatic N) is 5. The maximum absolute atomic E-state index is 5.29. The Hall–Kier alpha value is -8.93. The molecule has 0 radical (unpaired) electrons. The van der Waals surface area contributed by atoms with E-state index in [1.807, 2.05) is 36.4 Å². The fraction of sp³-hybridized carbons (Fsp3) is 0.0317. The minimum Gasteiger partial charge on any atom is -0.312 e. The molecule has 1 unspecified atom stereocenters. The fourth-order valence-electron chi connectivity index (χ4n) is 10.4. The van der Waals surface area contributed by atoms with Crippen LogP contribution in [0.25, 0.3) is 100 Å². The van der Waals surface area contributed by atoms with Crippen molar-refractivity contribution in [1.29, 1.82) is 0 Å². The molecule has 0 saturated heterocycles. The van der Waals surface area contributed by atoms with Crippen LogP contribution >= 0.6 is 0 Å². The van der Waals surface area contributed by atoms with Gasteiger partial charge in [0.1, 0.15) is 0 Å². The second kappa shape index (κ2) is 16.5. The van der Waals surface area contributed by atoms with E-state index >= 15 is 0 Å². The highest BCUT2D eigenvalue weighted by atomic mass is 15.0. The van der Waals surface area contributed by atoms with E-state index in [9.17, 15) is 0 Å². The summed E-state index contributed by atoms with van der Waals surface area (Å²) in [5.41, 5.74) is 15.8. The third-order valence-electron chi connectivity index (χ3n) is 13.6. The summed E-state index contributed by atoms with van der Waals surface area (Å²) in [5, 5.41) is 4.88. The average Bonchev–Trinajstić information content (AvgIpc) is 3.93. The van der Waals surface area contributed by atoms with E-state index in [1.54, 1.807) is 0 Å². The molecule has 0 fully saturated rings. The summed E-state index contributed by atoms with van der Waals surface area (Å²) in [5.74, 6) is 1.90. The first-order valence-electron chi connectivity index (χ1n) is 23.3. The molecule has 5 nitrogen and oxygen atoms in total. The Morgan fingerprint density at radius 2 is 0.794 bits per heavy atom. The highest BCUT2D eigenvalue weighted by Crippen LogP contribution is 2.49. The van der Waals surface area contributed by atoms with Gasteiger partial charge in [-0.1, -0.05) is 194 Å². The van der Waals surface area contributed by atoms with E-state index in [-0.39, 0.29) is 5.92 Å². The third kappa shape index (κ3) is 6.75. The molecule has 13 rings (SSSR count). The van der Waals surface area contributed by atoms with Crippen molar-refractivity contribution in [2.75, 3.05) is 0 Å². The Morgan fingerprint density at radius 1 is 0.338 bits per heavy atom. The Morgan fingerprint density at radius 3 is 1.38 bits per heavy atom. The lowest BCUT2D eigenvalue weighted by Gasteiger charge is -2.31. The topological polar surface area (TPSA) is 48.5 Å². The zero-order chi connectivity index (χ0) is 45.0. The van der Waals surface area contributed by atoms with Gasteiger partial charge in [0.25, 0.3) is 0 Å². The molecule has 0 amide bonds. The molecule has 1 aliphatic carbocycles. The van der Waals surface area contributed by atoms with Crippen molar-refractivity contribution < 1.29 is 0 Å². The molecule has 3 aromatic heterocycles. The van der Waals surface area contributed by atoms with E-state index in [4.69, 9.17) is 15.0 Å². The summed E-state index contributed by atoms with van der Waals surface area (Å²) >= 11 is 0. The van der Waals surface area contributed by atoms with Crippen molar-refractivity contribution in [3.05, 3.63) is 260 Å². The van der Waals surface area contributed by atoms with Crippen LogP contribution in [0.2, 0.25) is 0 Å². The van der Waals surface area contributed by atoms with E-state index in [2.05, 4.69) is 215 Å². The first-order valence-corrected chi connectivity index (χ1v) is 23.3. The highest BCUT2D eigenvalue weighted by molar-refractivity contribution is 6.15. The first-order chi connectivity index (χ1) is 33.7. The van der Waals surface area contributed by atoms with Gasteiger partial charge in [-0.05, 0) is 82.8 Å². The number of aromatic nitrogens is 5. The normalized spacial score (nSPS) is 14.0. The van der Waals surface area contributed by atoms with Crippen molar-refractivity contribution >= 4 is 60.5 Å². The van der Waals surface area contributed by atoms with Gasteiger partial charge in [0.05, 0.1) is 22.1 Å². The van der Waals surface area contributed by atoms with Crippen LogP contribution in [0, 0.1) is 0 Å². The van der Waals surface area contributed by atoms with Gasteiger partial charge in [-0.15, -0.1) is 0 Å². The summed E-state index contributed by atoms with van der Waals surface area (Å²) in [6.07, 6.45) is 3.02. The summed E-state index contributed by atoms with van der Waals surface area (Å²) in [7, 11) is 0. The quantitative estimate of drug-likeness (QED) is 0.153. The molecule has 0 N–H and O–H groups in total. The molecule has 0 saturated carbocycles. The number of rotatable bonds is 8. The Labute approximate surface area is 394 Å². The molecule has 3 heterocycles. The van der Waals surface area contributed by atoms with Crippen molar-refractivity contribution in [3.8, 4) is 39.6 Å². The van der Waals surface area contributed by atoms with Gasteiger partial charge in [-0.3, -0.25) is 0 Å². The molecular weight excluding hydrogens is 827 g/mol. The predicted octanol–water partition coefficient (Wildman–Crippen LogP) is 15.7. The maximum atomic E-state index is 5.29. The van der Waals surface area contributed by atoms with Crippen LogP contribution in [-0.2, 0) is 0 Å². The summed E-state index contributed by atoms with van der Waals surface area (Å²) in [6.45, 7) is 0. The van der Waals surface area contributed by atoms with E-state index in [0.29, 0.717) is 23.9 Å². The van der Waals surface area contributed by atoms with Gasteiger partial charge < -0.3 is 9.13 Å². The van der Waals surface area contributed by atoms with E-state index in [1.165, 1.54) is 55.0 Å². The minimum absolute atomic E-state index is 0.0758. The minimum atomic E-state index is -0.0758. The summed E-state index contributed by atoms with van der Waals surface area (Å²) in [4.78, 5) is 15.6. The average molecular weight is 870 g/mol. The zero-order valence-electron chi connectivity index (χ0n) is 37.1. The molecular formula is C63H43N5. The zero-order valence-corrected chi connectivity index (χ0v) is 37.1. The van der Waals surface area contributed by atoms with Gasteiger partial charge in [0.2, 0.25) is 0 Å². The van der Waals surface area contributed by atoms with E-state index < -0.39 is 0 Å². The van der Waals surface area contributed by atoms with Crippen LogP contribution in [0.1, 0.15) is 29.3 Å². The molecule has 9 aromatic carbocycles. The SMILES string of the molecule is C1=C(c2nc(-c3ccccc3)nc(-c3ccccc3)n2)CC(c2ccccc2)C(n2c3ccc(-c4ccccc4)cc3c3cc(-n4c5ccccc5c5ccccc54)ccc32)=C1c1ccccc1. The van der Waals surface area contributed by atoms with Crippen molar-refractivity contribution in [2.45, 2.75) is 12.3 Å². The maximum Gasteiger partial charge on any atom is 0.164 e. The van der Waals surface area contributed by atoms with Crippen molar-refractivity contribution in [3.63, 3.8) is 0 Å². The van der Waals surface area contributed by atoms with Gasteiger partial charge in [0, 0.05) is 55.5 Å². The number of fused-ring (bicyclic) bond motifs is 6. The number of para-hydroxylation sites is 2. The number of allylic oxidation sites excluding steroid dienone is 4. The second-order valence-corrected chi connectivity index (χ2v) is 17.5. The lowest BCUT2D eigenvalue weighted by atomic mass is 9.80. The first kappa shape index (κ1) is 39.4. The van der Waals surface area contributed by atoms with Crippen LogP contribution in [0.15, 0.2) is 243 Å². The summed E-state index contributed by atoms with van der Waals surface area (Å²) in [6, 6.07) is 84.6. The van der Waals surface area contributed by atoms with Crippen LogP contribution < -0.4 is 0 Å². The van der Waals surface area contributed by atoms with Crippen LogP contribution in [0.5, 0.6) is 0 Å². The van der Waals surface area contributed by atoms with Crippen LogP contribution in [0.4, 0.5) is 0 Å². The van der Waals surface area contributed by atoms with Crippen LogP contribution in [-0.4, -0.2) is 24.1 Å².